The van der Waals surface area contributed by atoms with Gasteiger partial charge in [0.25, 0.3) is 5.91 Å². The summed E-state index contributed by atoms with van der Waals surface area (Å²) in [5.74, 6) is -0.329. The molecule has 1 aromatic heterocycles. The van der Waals surface area contributed by atoms with Crippen molar-refractivity contribution in [2.75, 3.05) is 13.1 Å². The number of carbonyl (C=O) groups excluding carboxylic acids is 2. The van der Waals surface area contributed by atoms with Gasteiger partial charge in [0.15, 0.2) is 0 Å². The van der Waals surface area contributed by atoms with Crippen LogP contribution < -0.4 is 10.9 Å². The van der Waals surface area contributed by atoms with Gasteiger partial charge in [0.1, 0.15) is 6.04 Å². The quantitative estimate of drug-likeness (QED) is 0.799. The van der Waals surface area contributed by atoms with E-state index in [4.69, 9.17) is 0 Å². The number of nitrogens with zero attached hydrogens (tertiary/aromatic N) is 2. The molecule has 102 valence electrons. The molecule has 6 nitrogen and oxygen atoms in total. The third kappa shape index (κ3) is 2.52. The minimum Gasteiger partial charge on any atom is -0.353 e. The molecule has 0 bridgehead atoms. The van der Waals surface area contributed by atoms with E-state index in [0.717, 1.165) is 0 Å². The van der Waals surface area contributed by atoms with E-state index < -0.39 is 6.04 Å². The second-order valence-corrected chi connectivity index (χ2v) is 4.58. The van der Waals surface area contributed by atoms with E-state index in [2.05, 4.69) is 5.32 Å². The molecular formula is C13H17N3O3. The van der Waals surface area contributed by atoms with Gasteiger partial charge in [-0.25, -0.2) is 0 Å². The molecule has 1 N–H and O–H groups in total. The molecule has 6 heteroatoms. The summed E-state index contributed by atoms with van der Waals surface area (Å²) >= 11 is 0. The lowest BCUT2D eigenvalue weighted by molar-refractivity contribution is -0.127. The first kappa shape index (κ1) is 13.3. The molecule has 0 unspecified atom stereocenters. The number of hydrogen-bond acceptors (Lipinski definition) is 3. The number of amides is 2. The standard InChI is InChI=1S/C13H17N3O3/c1-3-10-12(18)14-6-7-16(10)13(19)9-4-5-11(17)15(2)8-9/h4-5,8,10H,3,6-7H2,1-2H3,(H,14,18)/t10-/m1/s1. The molecule has 1 saturated heterocycles. The molecule has 1 fully saturated rings. The Morgan fingerprint density at radius 3 is 2.79 bits per heavy atom. The first-order valence-corrected chi connectivity index (χ1v) is 6.30. The van der Waals surface area contributed by atoms with Gasteiger partial charge in [0, 0.05) is 32.4 Å². The van der Waals surface area contributed by atoms with E-state index in [1.807, 2.05) is 6.92 Å². The summed E-state index contributed by atoms with van der Waals surface area (Å²) in [5, 5.41) is 2.75. The summed E-state index contributed by atoms with van der Waals surface area (Å²) in [4.78, 5) is 37.0. The fourth-order valence-corrected chi connectivity index (χ4v) is 2.25. The first-order chi connectivity index (χ1) is 9.04. The lowest BCUT2D eigenvalue weighted by Gasteiger charge is -2.34. The molecule has 1 atom stereocenters. The maximum atomic E-state index is 12.4. The van der Waals surface area contributed by atoms with Gasteiger partial charge in [0.2, 0.25) is 11.5 Å². The fraction of sp³-hybridized carbons (Fsp3) is 0.462. The van der Waals surface area contributed by atoms with Crippen LogP contribution in [0.2, 0.25) is 0 Å². The molecule has 0 radical (unpaired) electrons. The maximum Gasteiger partial charge on any atom is 0.256 e. The zero-order chi connectivity index (χ0) is 14.0. The van der Waals surface area contributed by atoms with Crippen molar-refractivity contribution in [3.8, 4) is 0 Å². The monoisotopic (exact) mass is 263 g/mol. The Kier molecular flexibility index (Phi) is 3.69. The van der Waals surface area contributed by atoms with E-state index in [-0.39, 0.29) is 17.4 Å². The van der Waals surface area contributed by atoms with Crippen molar-refractivity contribution < 1.29 is 9.59 Å². The highest BCUT2D eigenvalue weighted by Crippen LogP contribution is 2.12. The van der Waals surface area contributed by atoms with Gasteiger partial charge in [-0.1, -0.05) is 6.92 Å². The topological polar surface area (TPSA) is 71.4 Å². The van der Waals surface area contributed by atoms with Crippen molar-refractivity contribution in [3.63, 3.8) is 0 Å². The molecule has 2 heterocycles. The van der Waals surface area contributed by atoms with Gasteiger partial charge >= 0.3 is 0 Å². The third-order valence-electron chi connectivity index (χ3n) is 3.31. The summed E-state index contributed by atoms with van der Waals surface area (Å²) in [7, 11) is 1.60. The van der Waals surface area contributed by atoms with Crippen LogP contribution >= 0.6 is 0 Å². The Morgan fingerprint density at radius 1 is 1.42 bits per heavy atom. The normalized spacial score (nSPS) is 19.2. The first-order valence-electron chi connectivity index (χ1n) is 6.30. The SMILES string of the molecule is CC[C@@H]1C(=O)NCCN1C(=O)c1ccc(=O)n(C)c1. The van der Waals surface area contributed by atoms with Crippen molar-refractivity contribution in [1.82, 2.24) is 14.8 Å². The second kappa shape index (κ2) is 5.26. The molecule has 2 rings (SSSR count). The van der Waals surface area contributed by atoms with Crippen molar-refractivity contribution in [1.29, 1.82) is 0 Å². The Balaban J connectivity index is 2.29. The molecule has 1 aromatic rings. The van der Waals surface area contributed by atoms with Crippen LogP contribution in [-0.4, -0.2) is 40.4 Å². The van der Waals surface area contributed by atoms with E-state index in [1.165, 1.54) is 22.9 Å². The van der Waals surface area contributed by atoms with Crippen molar-refractivity contribution in [2.24, 2.45) is 7.05 Å². The van der Waals surface area contributed by atoms with E-state index in [9.17, 15) is 14.4 Å². The number of aromatic nitrogens is 1. The lowest BCUT2D eigenvalue weighted by Crippen LogP contribution is -2.57. The third-order valence-corrected chi connectivity index (χ3v) is 3.31. The van der Waals surface area contributed by atoms with Gasteiger partial charge < -0.3 is 14.8 Å². The van der Waals surface area contributed by atoms with E-state index >= 15 is 0 Å². The predicted octanol–water partition coefficient (Wildman–Crippen LogP) is -0.264. The van der Waals surface area contributed by atoms with Gasteiger partial charge in [-0.15, -0.1) is 0 Å². The Labute approximate surface area is 111 Å². The minimum atomic E-state index is -0.432. The number of aryl methyl sites for hydroxylation is 1. The maximum absolute atomic E-state index is 12.4. The van der Waals surface area contributed by atoms with E-state index in [0.29, 0.717) is 25.1 Å². The summed E-state index contributed by atoms with van der Waals surface area (Å²) in [6.45, 7) is 2.83. The van der Waals surface area contributed by atoms with Crippen molar-refractivity contribution in [3.05, 3.63) is 34.2 Å². The Hall–Kier alpha value is -2.11. The Morgan fingerprint density at radius 2 is 2.16 bits per heavy atom. The van der Waals surface area contributed by atoms with Crippen LogP contribution in [0.5, 0.6) is 0 Å². The van der Waals surface area contributed by atoms with Crippen LogP contribution in [-0.2, 0) is 11.8 Å². The minimum absolute atomic E-state index is 0.119. The average Bonchev–Trinajstić information content (AvgIpc) is 2.40. The molecule has 1 aliphatic rings. The van der Waals surface area contributed by atoms with Crippen LogP contribution in [0.1, 0.15) is 23.7 Å². The smallest absolute Gasteiger partial charge is 0.256 e. The number of rotatable bonds is 2. The highest BCUT2D eigenvalue weighted by molar-refractivity contribution is 5.97. The lowest BCUT2D eigenvalue weighted by atomic mass is 10.1. The van der Waals surface area contributed by atoms with Crippen molar-refractivity contribution in [2.45, 2.75) is 19.4 Å². The van der Waals surface area contributed by atoms with Gasteiger partial charge in [-0.05, 0) is 12.5 Å². The molecule has 19 heavy (non-hydrogen) atoms. The van der Waals surface area contributed by atoms with E-state index in [1.54, 1.807) is 11.9 Å². The molecule has 0 saturated carbocycles. The number of piperazine rings is 1. The summed E-state index contributed by atoms with van der Waals surface area (Å²) < 4.78 is 1.36. The highest BCUT2D eigenvalue weighted by atomic mass is 16.2. The predicted molar refractivity (Wildman–Crippen MR) is 69.8 cm³/mol. The Bertz CT molecular complexity index is 564. The summed E-state index contributed by atoms with van der Waals surface area (Å²) in [5.41, 5.74) is 0.259. The number of nitrogens with one attached hydrogen (secondary N) is 1. The zero-order valence-electron chi connectivity index (χ0n) is 11.0. The summed E-state index contributed by atoms with van der Waals surface area (Å²) in [6.07, 6.45) is 2.08. The van der Waals surface area contributed by atoms with Gasteiger partial charge in [-0.2, -0.15) is 0 Å². The van der Waals surface area contributed by atoms with Crippen molar-refractivity contribution >= 4 is 11.8 Å². The molecule has 0 spiro atoms. The highest BCUT2D eigenvalue weighted by Gasteiger charge is 2.32. The molecule has 0 aromatic carbocycles. The molecule has 2 amide bonds. The summed E-state index contributed by atoms with van der Waals surface area (Å²) in [6, 6.07) is 2.43. The number of hydrogen-bond donors (Lipinski definition) is 1. The van der Waals surface area contributed by atoms with Crippen LogP contribution in [0.4, 0.5) is 0 Å². The fourth-order valence-electron chi connectivity index (χ4n) is 2.25. The average molecular weight is 263 g/mol. The van der Waals surface area contributed by atoms with Crippen LogP contribution in [0.15, 0.2) is 23.1 Å². The zero-order valence-corrected chi connectivity index (χ0v) is 11.0. The van der Waals surface area contributed by atoms with Crippen LogP contribution in [0.3, 0.4) is 0 Å². The van der Waals surface area contributed by atoms with Crippen LogP contribution in [0.25, 0.3) is 0 Å². The molecular weight excluding hydrogens is 246 g/mol. The van der Waals surface area contributed by atoms with Crippen LogP contribution in [0, 0.1) is 0 Å². The number of carbonyl (C=O) groups is 2. The van der Waals surface area contributed by atoms with Gasteiger partial charge in [0.05, 0.1) is 5.56 Å². The largest absolute Gasteiger partial charge is 0.353 e. The van der Waals surface area contributed by atoms with Gasteiger partial charge in [-0.3, -0.25) is 14.4 Å². The number of pyridine rings is 1. The second-order valence-electron chi connectivity index (χ2n) is 4.58. The molecule has 1 aliphatic heterocycles. The molecule has 0 aliphatic carbocycles.